The summed E-state index contributed by atoms with van der Waals surface area (Å²) in [5.41, 5.74) is 0. The van der Waals surface area contributed by atoms with E-state index in [1.165, 1.54) is 0 Å². The highest BCUT2D eigenvalue weighted by Gasteiger charge is 0.557. The Hall–Kier alpha value is -0.660. The molecule has 0 atom stereocenters. The largest absolute Gasteiger partial charge is 0.317 e. The highest BCUT2D eigenvalue weighted by atomic mass is 14.2. The molecule has 0 bridgehead atoms. The fourth-order valence-electron chi connectivity index (χ4n) is 0. The predicted octanol–water partition coefficient (Wildman–Crippen LogP) is 1.17. The summed E-state index contributed by atoms with van der Waals surface area (Å²) in [5, 5.41) is 11.0. The first-order valence-corrected chi connectivity index (χ1v) is 0.707. The number of hydrogen-bond donors (Lipinski definition) is 2. The maximum atomic E-state index is 5.50. The normalized spacial score (nSPS) is 1.60. The van der Waals surface area contributed by atoms with Crippen LogP contribution in [0.4, 0.5) is 0 Å². The molecule has 0 fully saturated rings. The van der Waals surface area contributed by atoms with Crippen molar-refractivity contribution >= 4 is 13.4 Å². The van der Waals surface area contributed by atoms with E-state index in [4.69, 9.17) is 10.8 Å². The van der Waals surface area contributed by atoms with E-state index in [1.54, 1.807) is 0 Å². The van der Waals surface area contributed by atoms with Gasteiger partial charge < -0.3 is 10.8 Å². The molecule has 0 amide bonds. The van der Waals surface area contributed by atoms with Gasteiger partial charge in [-0.15, -0.1) is 0 Å². The average Bonchev–Trinajstić information content (AvgIpc) is 1.50. The molecule has 0 aromatic carbocycles. The molecular formula is C3H10N2. The summed E-state index contributed by atoms with van der Waals surface area (Å²) in [7, 11) is 0. The Kier molecular flexibility index (Phi) is 226. The minimum Gasteiger partial charge on any atom is -0.317 e. The minimum atomic E-state index is 0. The van der Waals surface area contributed by atoms with Crippen LogP contribution in [0.25, 0.3) is 0 Å². The summed E-state index contributed by atoms with van der Waals surface area (Å²) in [4.78, 5) is 0. The molecule has 32 valence electrons. The van der Waals surface area contributed by atoms with E-state index in [-0.39, 0.29) is 7.43 Å². The van der Waals surface area contributed by atoms with E-state index < -0.39 is 0 Å². The lowest BCUT2D eigenvalue weighted by Crippen LogP contribution is -0.827. The van der Waals surface area contributed by atoms with E-state index in [0.717, 1.165) is 0 Å². The molecule has 2 N–H and O–H groups in total. The van der Waals surface area contributed by atoms with Crippen molar-refractivity contribution in [2.24, 2.45) is 0 Å². The Balaban J connectivity index is -0.0000000133. The lowest BCUT2D eigenvalue weighted by atomic mass is 11.8. The lowest BCUT2D eigenvalue weighted by Gasteiger charge is -0.890. The van der Waals surface area contributed by atoms with Crippen molar-refractivity contribution in [1.29, 1.82) is 10.8 Å². The van der Waals surface area contributed by atoms with Gasteiger partial charge in [-0.05, 0) is 13.4 Å². The zero-order valence-corrected chi connectivity index (χ0v) is 2.41. The van der Waals surface area contributed by atoms with Gasteiger partial charge in [-0.25, -0.2) is 0 Å². The third-order valence-corrected chi connectivity index (χ3v) is 0. The molecule has 0 unspecified atom stereocenters. The molecule has 0 aliphatic heterocycles. The van der Waals surface area contributed by atoms with Gasteiger partial charge in [0.25, 0.3) is 0 Å². The van der Waals surface area contributed by atoms with Crippen molar-refractivity contribution in [3.8, 4) is 0 Å². The van der Waals surface area contributed by atoms with Crippen molar-refractivity contribution in [2.75, 3.05) is 0 Å². The molecule has 2 heteroatoms. The first-order valence-electron chi connectivity index (χ1n) is 0.707. The molecule has 0 saturated carbocycles. The number of hydrogen-bond acceptors (Lipinski definition) is 2. The van der Waals surface area contributed by atoms with Gasteiger partial charge in [0.1, 0.15) is 0 Å². The number of nitrogens with one attached hydrogen (secondary N) is 2. The molecule has 0 spiro atoms. The molecule has 0 aliphatic carbocycles. The Bertz CT molecular complexity index is 6.85. The molecule has 5 heavy (non-hydrogen) atoms. The van der Waals surface area contributed by atoms with Gasteiger partial charge in [0.05, 0.1) is 0 Å². The maximum absolute atomic E-state index is 5.50. The van der Waals surface area contributed by atoms with Crippen molar-refractivity contribution in [3.05, 3.63) is 0 Å². The molecule has 0 rings (SSSR count). The van der Waals surface area contributed by atoms with Gasteiger partial charge in [-0.2, -0.15) is 0 Å². The topological polar surface area (TPSA) is 47.7 Å². The average molecular weight is 74.1 g/mol. The summed E-state index contributed by atoms with van der Waals surface area (Å²) in [6, 6.07) is 0. The summed E-state index contributed by atoms with van der Waals surface area (Å²) in [6.07, 6.45) is 0. The zero-order valence-electron chi connectivity index (χ0n) is 2.41. The second-order valence-electron chi connectivity index (χ2n) is 0. The third kappa shape index (κ3) is 13.8. The van der Waals surface area contributed by atoms with Gasteiger partial charge in [-0.1, -0.05) is 7.43 Å². The van der Waals surface area contributed by atoms with Gasteiger partial charge in [0.15, 0.2) is 0 Å². The van der Waals surface area contributed by atoms with Crippen LogP contribution in [0.1, 0.15) is 7.43 Å². The Morgan fingerprint density at radius 3 is 0.800 bits per heavy atom. The van der Waals surface area contributed by atoms with Crippen LogP contribution in [0.5, 0.6) is 0 Å². The van der Waals surface area contributed by atoms with Crippen LogP contribution in [0, 0.1) is 10.8 Å². The highest BCUT2D eigenvalue weighted by Crippen LogP contribution is 0.635. The second kappa shape index (κ2) is 42.0. The minimum absolute atomic E-state index is 0. The molecule has 0 aromatic heterocycles. The van der Waals surface area contributed by atoms with E-state index in [0.29, 0.717) is 0 Å². The molecular weight excluding hydrogens is 64.0 g/mol. The van der Waals surface area contributed by atoms with Crippen molar-refractivity contribution in [1.82, 2.24) is 0 Å². The van der Waals surface area contributed by atoms with Crippen molar-refractivity contribution in [3.63, 3.8) is 0 Å². The van der Waals surface area contributed by atoms with Crippen LogP contribution in [0.3, 0.4) is 0 Å². The molecule has 0 saturated heterocycles. The Labute approximate surface area is 32.9 Å². The van der Waals surface area contributed by atoms with Gasteiger partial charge in [0, 0.05) is 0 Å². The van der Waals surface area contributed by atoms with E-state index in [2.05, 4.69) is 13.4 Å². The molecule has 0 aliphatic rings. The lowest BCUT2D eigenvalue weighted by molar-refractivity contribution is 1.61. The Morgan fingerprint density at radius 1 is 0.800 bits per heavy atom. The van der Waals surface area contributed by atoms with E-state index in [9.17, 15) is 0 Å². The summed E-state index contributed by atoms with van der Waals surface area (Å²) in [6.45, 7) is 5.00. The zero-order chi connectivity index (χ0) is 4.00. The second-order valence-corrected chi connectivity index (χ2v) is 0. The first kappa shape index (κ1) is 27.0. The Morgan fingerprint density at radius 2 is 0.800 bits per heavy atom. The van der Waals surface area contributed by atoms with Crippen LogP contribution in [0.2, 0.25) is 0 Å². The van der Waals surface area contributed by atoms with Crippen LogP contribution >= 0.6 is 0 Å². The predicted molar refractivity (Wildman–Crippen MR) is 26.4 cm³/mol. The van der Waals surface area contributed by atoms with E-state index >= 15 is 0 Å². The van der Waals surface area contributed by atoms with Crippen LogP contribution < -0.4 is 0 Å². The van der Waals surface area contributed by atoms with E-state index in [1.807, 2.05) is 0 Å². The number of rotatable bonds is 0. The summed E-state index contributed by atoms with van der Waals surface area (Å²) < 4.78 is 0. The smallest absolute Gasteiger partial charge is 0.0187 e. The third-order valence-electron chi connectivity index (χ3n) is 0. The summed E-state index contributed by atoms with van der Waals surface area (Å²) in [5.74, 6) is 0. The van der Waals surface area contributed by atoms with Gasteiger partial charge in [0.2, 0.25) is 0 Å². The maximum Gasteiger partial charge on any atom is -0.0187 e. The van der Waals surface area contributed by atoms with Gasteiger partial charge in [-0.3, -0.25) is 0 Å². The van der Waals surface area contributed by atoms with Crippen LogP contribution in [0.15, 0.2) is 0 Å². The van der Waals surface area contributed by atoms with Crippen molar-refractivity contribution < 1.29 is 0 Å². The molecule has 2 nitrogen and oxygen atoms in total. The highest BCUT2D eigenvalue weighted by molar-refractivity contribution is 5.16. The van der Waals surface area contributed by atoms with Gasteiger partial charge >= 0.3 is 0 Å². The quantitative estimate of drug-likeness (QED) is 0.405. The van der Waals surface area contributed by atoms with Crippen LogP contribution in [-0.2, 0) is 0 Å². The summed E-state index contributed by atoms with van der Waals surface area (Å²) >= 11 is 0. The SMILES string of the molecule is C.C=N.C=N. The van der Waals surface area contributed by atoms with Crippen molar-refractivity contribution in [2.45, 2.75) is 7.43 Å². The molecule has 0 heterocycles. The standard InChI is InChI=1S/2CH3N.CH4/c2*1-2;/h2*2H,1H2;1H4. The fraction of sp³-hybridized carbons (Fsp3) is 0.333. The fourth-order valence-corrected chi connectivity index (χ4v) is 0. The molecule has 0 radical (unpaired) electrons. The first-order chi connectivity index (χ1) is 2.00. The van der Waals surface area contributed by atoms with Crippen LogP contribution in [-0.4, -0.2) is 13.4 Å². The molecule has 0 aromatic rings. The monoisotopic (exact) mass is 74.1 g/mol.